The summed E-state index contributed by atoms with van der Waals surface area (Å²) in [5.41, 5.74) is 0. The summed E-state index contributed by atoms with van der Waals surface area (Å²) in [6, 6.07) is 5.41. The molecule has 0 radical (unpaired) electrons. The predicted molar refractivity (Wildman–Crippen MR) is 135 cm³/mol. The standard InChI is InChI=1S/C23H49NO7Si2/c1-9-32(10-2,11-3)30-22-19(15-25)29-20(16-28-17-27-8)21(24-18(7)26)23(22)31-33(12-4,13-5)14-6/h19-23,25H,9-17H2,1-8H3,(H,24,26)/t19-,20+,21+,22+,23+/m1/s1. The average Bonchev–Trinajstić information content (AvgIpc) is 2.83. The first-order valence-corrected chi connectivity index (χ1v) is 17.8. The SMILES string of the molecule is CC[Si](CC)(CC)O[C@@H]1[C@@H](O[Si](CC)(CC)CC)[C@@H](NC(C)=O)[C@H](COCOC)O[C@@H]1CO. The fourth-order valence-electron chi connectivity index (χ4n) is 4.82. The van der Waals surface area contributed by atoms with Crippen LogP contribution in [0.3, 0.4) is 0 Å². The largest absolute Gasteiger partial charge is 0.409 e. The molecule has 8 nitrogen and oxygen atoms in total. The summed E-state index contributed by atoms with van der Waals surface area (Å²) in [6.45, 7) is 14.8. The highest BCUT2D eigenvalue weighted by Crippen LogP contribution is 2.35. The number of aliphatic hydroxyl groups excluding tert-OH is 1. The van der Waals surface area contributed by atoms with Crippen LogP contribution in [0.4, 0.5) is 0 Å². The van der Waals surface area contributed by atoms with Crippen LogP contribution in [0.2, 0.25) is 36.3 Å². The molecule has 0 saturated carbocycles. The van der Waals surface area contributed by atoms with E-state index < -0.39 is 47.1 Å². The lowest BCUT2D eigenvalue weighted by molar-refractivity contribution is -0.204. The molecule has 1 saturated heterocycles. The number of amides is 1. The van der Waals surface area contributed by atoms with Crippen LogP contribution in [-0.2, 0) is 27.9 Å². The molecule has 1 heterocycles. The average molecular weight is 508 g/mol. The van der Waals surface area contributed by atoms with Gasteiger partial charge in [0.05, 0.1) is 25.4 Å². The van der Waals surface area contributed by atoms with Gasteiger partial charge in [-0.05, 0) is 36.3 Å². The van der Waals surface area contributed by atoms with Gasteiger partial charge in [0, 0.05) is 14.0 Å². The van der Waals surface area contributed by atoms with Gasteiger partial charge in [-0.25, -0.2) is 0 Å². The molecule has 33 heavy (non-hydrogen) atoms. The van der Waals surface area contributed by atoms with Gasteiger partial charge in [0.1, 0.15) is 25.1 Å². The highest BCUT2D eigenvalue weighted by molar-refractivity contribution is 6.74. The second-order valence-corrected chi connectivity index (χ2v) is 18.5. The molecule has 1 amide bonds. The zero-order chi connectivity index (χ0) is 25.1. The van der Waals surface area contributed by atoms with Crippen LogP contribution < -0.4 is 5.32 Å². The molecule has 0 bridgehead atoms. The van der Waals surface area contributed by atoms with Gasteiger partial charge in [-0.15, -0.1) is 0 Å². The van der Waals surface area contributed by atoms with Gasteiger partial charge in [-0.2, -0.15) is 0 Å². The Labute approximate surface area is 203 Å². The summed E-state index contributed by atoms with van der Waals surface area (Å²) in [6.07, 6.45) is -1.90. The van der Waals surface area contributed by atoms with E-state index in [2.05, 4.69) is 46.9 Å². The van der Waals surface area contributed by atoms with Crippen LogP contribution in [0.5, 0.6) is 0 Å². The number of aliphatic hydroxyl groups is 1. The molecule has 1 rings (SSSR count). The molecule has 5 atom stereocenters. The second kappa shape index (κ2) is 14.9. The van der Waals surface area contributed by atoms with Gasteiger partial charge in [0.15, 0.2) is 16.6 Å². The zero-order valence-corrected chi connectivity index (χ0v) is 24.1. The van der Waals surface area contributed by atoms with E-state index in [4.69, 9.17) is 23.1 Å². The summed E-state index contributed by atoms with van der Waals surface area (Å²) in [5, 5.41) is 13.4. The number of hydrogen-bond donors (Lipinski definition) is 2. The van der Waals surface area contributed by atoms with Crippen molar-refractivity contribution in [3.05, 3.63) is 0 Å². The van der Waals surface area contributed by atoms with Gasteiger partial charge in [-0.1, -0.05) is 41.5 Å². The number of nitrogens with one attached hydrogen (secondary N) is 1. The number of rotatable bonds is 16. The van der Waals surface area contributed by atoms with Crippen LogP contribution in [0.25, 0.3) is 0 Å². The number of methoxy groups -OCH3 is 1. The maximum absolute atomic E-state index is 12.3. The van der Waals surface area contributed by atoms with E-state index in [1.807, 2.05) is 0 Å². The van der Waals surface area contributed by atoms with E-state index in [-0.39, 0.29) is 25.9 Å². The Morgan fingerprint density at radius 3 is 1.76 bits per heavy atom. The molecule has 2 N–H and O–H groups in total. The third kappa shape index (κ3) is 8.10. The molecule has 0 aromatic heterocycles. The van der Waals surface area contributed by atoms with Crippen LogP contribution in [0, 0.1) is 0 Å². The monoisotopic (exact) mass is 507 g/mol. The first-order valence-electron chi connectivity index (χ1n) is 12.7. The maximum atomic E-state index is 12.3. The van der Waals surface area contributed by atoms with Crippen molar-refractivity contribution in [3.63, 3.8) is 0 Å². The van der Waals surface area contributed by atoms with E-state index in [1.165, 1.54) is 6.92 Å². The topological polar surface area (TPSA) is 95.5 Å². The molecule has 0 aliphatic carbocycles. The Kier molecular flexibility index (Phi) is 13.9. The molecular formula is C23H49NO7Si2. The minimum Gasteiger partial charge on any atom is -0.409 e. The summed E-state index contributed by atoms with van der Waals surface area (Å²) in [5.74, 6) is -0.156. The van der Waals surface area contributed by atoms with E-state index in [1.54, 1.807) is 7.11 Å². The van der Waals surface area contributed by atoms with Crippen molar-refractivity contribution in [2.24, 2.45) is 0 Å². The van der Waals surface area contributed by atoms with E-state index in [9.17, 15) is 9.90 Å². The van der Waals surface area contributed by atoms with Crippen molar-refractivity contribution < 1.29 is 33.0 Å². The fraction of sp³-hybridized carbons (Fsp3) is 0.957. The van der Waals surface area contributed by atoms with E-state index >= 15 is 0 Å². The van der Waals surface area contributed by atoms with Gasteiger partial charge in [0.25, 0.3) is 0 Å². The normalized spacial score (nSPS) is 26.4. The Morgan fingerprint density at radius 2 is 1.36 bits per heavy atom. The molecule has 0 aromatic rings. The molecule has 0 spiro atoms. The third-order valence-corrected chi connectivity index (χ3v) is 16.7. The minimum absolute atomic E-state index is 0.122. The van der Waals surface area contributed by atoms with Crippen LogP contribution in [-0.4, -0.2) is 85.2 Å². The van der Waals surface area contributed by atoms with Crippen LogP contribution in [0.15, 0.2) is 0 Å². The smallest absolute Gasteiger partial charge is 0.217 e. The number of ether oxygens (including phenoxy) is 3. The highest BCUT2D eigenvalue weighted by atomic mass is 28.4. The lowest BCUT2D eigenvalue weighted by Crippen LogP contribution is -2.69. The summed E-state index contributed by atoms with van der Waals surface area (Å²) >= 11 is 0. The maximum Gasteiger partial charge on any atom is 0.217 e. The Hall–Kier alpha value is -0.336. The molecular weight excluding hydrogens is 458 g/mol. The van der Waals surface area contributed by atoms with Crippen LogP contribution in [0.1, 0.15) is 48.5 Å². The van der Waals surface area contributed by atoms with E-state index in [0.717, 1.165) is 36.3 Å². The second-order valence-electron chi connectivity index (χ2n) is 9.05. The molecule has 1 aliphatic heterocycles. The van der Waals surface area contributed by atoms with Crippen molar-refractivity contribution in [1.82, 2.24) is 5.32 Å². The summed E-state index contributed by atoms with van der Waals surface area (Å²) in [7, 11) is -2.56. The summed E-state index contributed by atoms with van der Waals surface area (Å²) < 4.78 is 31.0. The van der Waals surface area contributed by atoms with Crippen molar-refractivity contribution in [1.29, 1.82) is 0 Å². The first kappa shape index (κ1) is 30.7. The minimum atomic E-state index is -2.07. The summed E-state index contributed by atoms with van der Waals surface area (Å²) in [4.78, 5) is 12.3. The number of carbonyl (C=O) groups is 1. The first-order chi connectivity index (χ1) is 15.7. The third-order valence-electron chi connectivity index (χ3n) is 7.47. The molecule has 196 valence electrons. The quantitative estimate of drug-likeness (QED) is 0.187. The van der Waals surface area contributed by atoms with Crippen molar-refractivity contribution in [2.45, 2.75) is 115 Å². The number of carbonyl (C=O) groups excluding carboxylic acids is 1. The van der Waals surface area contributed by atoms with Gasteiger partial charge < -0.3 is 33.5 Å². The van der Waals surface area contributed by atoms with Crippen molar-refractivity contribution in [3.8, 4) is 0 Å². The van der Waals surface area contributed by atoms with Crippen molar-refractivity contribution >= 4 is 22.5 Å². The Morgan fingerprint density at radius 1 is 0.879 bits per heavy atom. The highest BCUT2D eigenvalue weighted by Gasteiger charge is 2.52. The van der Waals surface area contributed by atoms with Gasteiger partial charge in [0.2, 0.25) is 5.91 Å². The lowest BCUT2D eigenvalue weighted by Gasteiger charge is -2.51. The van der Waals surface area contributed by atoms with Crippen molar-refractivity contribution in [2.75, 3.05) is 27.1 Å². The molecule has 1 aliphatic rings. The Bertz CT molecular complexity index is 544. The predicted octanol–water partition coefficient (Wildman–Crippen LogP) is 3.65. The molecule has 0 aromatic carbocycles. The Balaban J connectivity index is 3.50. The lowest BCUT2D eigenvalue weighted by atomic mass is 9.93. The fourth-order valence-corrected chi connectivity index (χ4v) is 10.5. The van der Waals surface area contributed by atoms with Crippen LogP contribution >= 0.6 is 0 Å². The zero-order valence-electron chi connectivity index (χ0n) is 22.1. The number of hydrogen-bond acceptors (Lipinski definition) is 7. The van der Waals surface area contributed by atoms with Gasteiger partial charge in [-0.3, -0.25) is 4.79 Å². The molecule has 1 fully saturated rings. The van der Waals surface area contributed by atoms with Gasteiger partial charge >= 0.3 is 0 Å². The van der Waals surface area contributed by atoms with E-state index in [0.29, 0.717) is 0 Å². The molecule has 0 unspecified atom stereocenters. The molecule has 10 heteroatoms.